The summed E-state index contributed by atoms with van der Waals surface area (Å²) in [5.74, 6) is -2.80. The molecule has 0 saturated heterocycles. The van der Waals surface area contributed by atoms with Gasteiger partial charge in [-0.1, -0.05) is 20.8 Å². The minimum atomic E-state index is -0.934. The lowest BCUT2D eigenvalue weighted by molar-refractivity contribution is 0.546. The third-order valence-electron chi connectivity index (χ3n) is 2.97. The second kappa shape index (κ2) is 5.77. The van der Waals surface area contributed by atoms with Crippen molar-refractivity contribution in [1.29, 1.82) is 0 Å². The van der Waals surface area contributed by atoms with Crippen LogP contribution in [0.2, 0.25) is 0 Å². The van der Waals surface area contributed by atoms with Crippen LogP contribution in [0, 0.1) is 17.5 Å². The quantitative estimate of drug-likeness (QED) is 0.916. The molecule has 2 nitrogen and oxygen atoms in total. The van der Waals surface area contributed by atoms with Crippen molar-refractivity contribution < 1.29 is 13.2 Å². The van der Waals surface area contributed by atoms with Crippen LogP contribution in [-0.4, -0.2) is 12.0 Å². The van der Waals surface area contributed by atoms with Gasteiger partial charge in [0.05, 0.1) is 11.3 Å². The highest BCUT2D eigenvalue weighted by atomic mass is 32.1. The predicted octanol–water partition coefficient (Wildman–Crippen LogP) is 4.24. The molecule has 0 aliphatic heterocycles. The summed E-state index contributed by atoms with van der Waals surface area (Å²) in [6.45, 7) is 6.53. The molecule has 1 N–H and O–H groups in total. The van der Waals surface area contributed by atoms with Crippen LogP contribution in [-0.2, 0) is 12.0 Å². The number of nitrogens with one attached hydrogen (secondary N) is 1. The fourth-order valence-electron chi connectivity index (χ4n) is 2.07. The van der Waals surface area contributed by atoms with Crippen LogP contribution in [0.5, 0.6) is 0 Å². The van der Waals surface area contributed by atoms with E-state index in [0.29, 0.717) is 18.7 Å². The average Bonchev–Trinajstić information content (AvgIpc) is 2.71. The molecule has 0 aliphatic carbocycles. The second-order valence-corrected chi connectivity index (χ2v) is 6.90. The molecule has 0 saturated carbocycles. The summed E-state index contributed by atoms with van der Waals surface area (Å²) in [5, 5.41) is 3.26. The first-order chi connectivity index (χ1) is 9.74. The number of nitrogens with zero attached hydrogens (tertiary/aromatic N) is 1. The largest absolute Gasteiger partial charge is 0.315 e. The van der Waals surface area contributed by atoms with Gasteiger partial charge >= 0.3 is 0 Å². The Morgan fingerprint density at radius 2 is 1.71 bits per heavy atom. The third-order valence-corrected chi connectivity index (χ3v) is 4.04. The summed E-state index contributed by atoms with van der Waals surface area (Å²) in [5.41, 5.74) is 0.280. The maximum atomic E-state index is 13.9. The van der Waals surface area contributed by atoms with E-state index in [2.05, 4.69) is 10.3 Å². The lowest BCUT2D eigenvalue weighted by Crippen LogP contribution is -2.16. The van der Waals surface area contributed by atoms with Crippen molar-refractivity contribution in [2.45, 2.75) is 32.7 Å². The van der Waals surface area contributed by atoms with Gasteiger partial charge in [-0.2, -0.15) is 0 Å². The molecule has 0 radical (unpaired) electrons. The first kappa shape index (κ1) is 16.0. The highest BCUT2D eigenvalue weighted by Crippen LogP contribution is 2.36. The summed E-state index contributed by atoms with van der Waals surface area (Å²) in [6, 6.07) is 1.35. The van der Waals surface area contributed by atoms with Crippen LogP contribution in [0.4, 0.5) is 13.2 Å². The van der Waals surface area contributed by atoms with E-state index >= 15 is 0 Å². The molecule has 0 aliphatic rings. The van der Waals surface area contributed by atoms with Gasteiger partial charge < -0.3 is 5.32 Å². The number of aromatic nitrogens is 1. The van der Waals surface area contributed by atoms with E-state index < -0.39 is 17.5 Å². The van der Waals surface area contributed by atoms with E-state index in [4.69, 9.17) is 0 Å². The van der Waals surface area contributed by atoms with Gasteiger partial charge in [0.2, 0.25) is 0 Å². The Labute approximate surface area is 126 Å². The van der Waals surface area contributed by atoms with Crippen LogP contribution in [0.3, 0.4) is 0 Å². The molecule has 0 bridgehead atoms. The standard InChI is InChI=1S/C15H17F3N2S/c1-15(2,3)13-11(7-19-4)21-14(20-13)12-9(17)5-8(16)6-10(12)18/h5-6,19H,7H2,1-4H3. The summed E-state index contributed by atoms with van der Waals surface area (Å²) in [6.07, 6.45) is 0. The first-order valence-electron chi connectivity index (χ1n) is 6.53. The number of hydrogen-bond acceptors (Lipinski definition) is 3. The minimum absolute atomic E-state index is 0.236. The smallest absolute Gasteiger partial charge is 0.139 e. The molecule has 0 unspecified atom stereocenters. The van der Waals surface area contributed by atoms with Crippen molar-refractivity contribution in [1.82, 2.24) is 10.3 Å². The normalized spacial score (nSPS) is 12.0. The minimum Gasteiger partial charge on any atom is -0.315 e. The number of thiazole rings is 1. The zero-order chi connectivity index (χ0) is 15.8. The zero-order valence-electron chi connectivity index (χ0n) is 12.4. The molecule has 1 aromatic carbocycles. The number of benzene rings is 1. The number of halogens is 3. The van der Waals surface area contributed by atoms with Crippen molar-refractivity contribution in [3.05, 3.63) is 40.2 Å². The zero-order valence-corrected chi connectivity index (χ0v) is 13.2. The van der Waals surface area contributed by atoms with Crippen molar-refractivity contribution in [3.63, 3.8) is 0 Å². The van der Waals surface area contributed by atoms with Crippen molar-refractivity contribution in [2.75, 3.05) is 7.05 Å². The fourth-order valence-corrected chi connectivity index (χ4v) is 3.40. The molecule has 114 valence electrons. The predicted molar refractivity (Wildman–Crippen MR) is 78.9 cm³/mol. The third kappa shape index (κ3) is 3.27. The van der Waals surface area contributed by atoms with Crippen molar-refractivity contribution >= 4 is 11.3 Å². The van der Waals surface area contributed by atoms with Crippen LogP contribution >= 0.6 is 11.3 Å². The summed E-state index contributed by atoms with van der Waals surface area (Å²) in [4.78, 5) is 5.32. The molecule has 0 amide bonds. The topological polar surface area (TPSA) is 24.9 Å². The van der Waals surface area contributed by atoms with Crippen LogP contribution in [0.1, 0.15) is 31.3 Å². The van der Waals surface area contributed by atoms with E-state index in [1.54, 1.807) is 7.05 Å². The van der Waals surface area contributed by atoms with E-state index in [9.17, 15) is 13.2 Å². The second-order valence-electron chi connectivity index (χ2n) is 5.82. The Morgan fingerprint density at radius 3 is 2.19 bits per heavy atom. The molecule has 0 fully saturated rings. The number of rotatable bonds is 3. The Kier molecular flexibility index (Phi) is 4.39. The lowest BCUT2D eigenvalue weighted by atomic mass is 9.91. The van der Waals surface area contributed by atoms with Gasteiger partial charge in [-0.25, -0.2) is 18.2 Å². The molecule has 6 heteroatoms. The highest BCUT2D eigenvalue weighted by Gasteiger charge is 2.25. The molecule has 21 heavy (non-hydrogen) atoms. The Morgan fingerprint density at radius 1 is 1.14 bits per heavy atom. The monoisotopic (exact) mass is 314 g/mol. The van der Waals surface area contributed by atoms with Gasteiger partial charge in [0, 0.05) is 29.0 Å². The van der Waals surface area contributed by atoms with E-state index in [-0.39, 0.29) is 16.0 Å². The van der Waals surface area contributed by atoms with Gasteiger partial charge in [-0.15, -0.1) is 11.3 Å². The van der Waals surface area contributed by atoms with Gasteiger partial charge in [-0.05, 0) is 7.05 Å². The van der Waals surface area contributed by atoms with E-state index in [0.717, 1.165) is 10.6 Å². The molecular weight excluding hydrogens is 297 g/mol. The first-order valence-corrected chi connectivity index (χ1v) is 7.35. The molecule has 1 heterocycles. The van der Waals surface area contributed by atoms with Gasteiger partial charge in [0.15, 0.2) is 0 Å². The van der Waals surface area contributed by atoms with Gasteiger partial charge in [0.1, 0.15) is 22.5 Å². The molecule has 1 aromatic heterocycles. The van der Waals surface area contributed by atoms with Crippen molar-refractivity contribution in [2.24, 2.45) is 0 Å². The van der Waals surface area contributed by atoms with Crippen LogP contribution in [0.15, 0.2) is 12.1 Å². The van der Waals surface area contributed by atoms with Gasteiger partial charge in [-0.3, -0.25) is 0 Å². The summed E-state index contributed by atoms with van der Waals surface area (Å²) in [7, 11) is 1.80. The maximum absolute atomic E-state index is 13.9. The maximum Gasteiger partial charge on any atom is 0.139 e. The Balaban J connectivity index is 2.61. The molecular formula is C15H17F3N2S. The summed E-state index contributed by atoms with van der Waals surface area (Å²) >= 11 is 1.22. The highest BCUT2D eigenvalue weighted by molar-refractivity contribution is 7.15. The van der Waals surface area contributed by atoms with Crippen molar-refractivity contribution in [3.8, 4) is 10.6 Å². The fraction of sp³-hybridized carbons (Fsp3) is 0.400. The molecule has 2 aromatic rings. The Hall–Kier alpha value is -1.40. The van der Waals surface area contributed by atoms with E-state index in [1.807, 2.05) is 20.8 Å². The molecule has 0 spiro atoms. The Bertz CT molecular complexity index is 636. The number of hydrogen-bond donors (Lipinski definition) is 1. The average molecular weight is 314 g/mol. The molecule has 0 atom stereocenters. The molecule has 2 rings (SSSR count). The lowest BCUT2D eigenvalue weighted by Gasteiger charge is -2.17. The van der Waals surface area contributed by atoms with E-state index in [1.165, 1.54) is 11.3 Å². The summed E-state index contributed by atoms with van der Waals surface area (Å²) < 4.78 is 40.8. The van der Waals surface area contributed by atoms with Crippen LogP contribution < -0.4 is 5.32 Å². The van der Waals surface area contributed by atoms with Gasteiger partial charge in [0.25, 0.3) is 0 Å². The SMILES string of the molecule is CNCc1sc(-c2c(F)cc(F)cc2F)nc1C(C)(C)C. The van der Waals surface area contributed by atoms with Crippen LogP contribution in [0.25, 0.3) is 10.6 Å².